The Hall–Kier alpha value is -2.48. The van der Waals surface area contributed by atoms with E-state index in [9.17, 15) is 19.7 Å². The van der Waals surface area contributed by atoms with Crippen LogP contribution in [0.5, 0.6) is 0 Å². The number of carboxylic acid groups (broad SMARTS) is 1. The highest BCUT2D eigenvalue weighted by Gasteiger charge is 2.23. The monoisotopic (exact) mass is 268 g/mol. The Bertz CT molecular complexity index is 528. The molecule has 0 atom stereocenters. The number of anilines is 1. The standard InChI is InChI=1S/C11H12N2O6/c1-7(15)12(4-5-14)9-3-2-8(11(16)17)6-10(9)13(18)19/h2-3,6,14H,4-5H2,1H3,(H,16,17). The highest BCUT2D eigenvalue weighted by molar-refractivity contribution is 5.96. The molecule has 0 aliphatic rings. The summed E-state index contributed by atoms with van der Waals surface area (Å²) in [5, 5.41) is 28.6. The van der Waals surface area contributed by atoms with Crippen LogP contribution in [0.15, 0.2) is 18.2 Å². The number of benzene rings is 1. The number of rotatable bonds is 5. The van der Waals surface area contributed by atoms with Crippen LogP contribution in [-0.2, 0) is 4.79 Å². The van der Waals surface area contributed by atoms with Crippen LogP contribution in [0.25, 0.3) is 0 Å². The van der Waals surface area contributed by atoms with Crippen molar-refractivity contribution in [3.8, 4) is 0 Å². The molecule has 8 heteroatoms. The summed E-state index contributed by atoms with van der Waals surface area (Å²) < 4.78 is 0. The van der Waals surface area contributed by atoms with E-state index in [-0.39, 0.29) is 24.4 Å². The van der Waals surface area contributed by atoms with Gasteiger partial charge in [-0.05, 0) is 12.1 Å². The zero-order valence-corrected chi connectivity index (χ0v) is 10.1. The van der Waals surface area contributed by atoms with Crippen LogP contribution >= 0.6 is 0 Å². The first-order valence-corrected chi connectivity index (χ1v) is 5.29. The highest BCUT2D eigenvalue weighted by atomic mass is 16.6. The zero-order valence-electron chi connectivity index (χ0n) is 10.1. The molecule has 8 nitrogen and oxygen atoms in total. The number of nitro groups is 1. The third-order valence-corrected chi connectivity index (χ3v) is 2.41. The second-order valence-corrected chi connectivity index (χ2v) is 3.66. The molecule has 0 bridgehead atoms. The van der Waals surface area contributed by atoms with Crippen molar-refractivity contribution < 1.29 is 24.7 Å². The van der Waals surface area contributed by atoms with Crippen molar-refractivity contribution in [2.24, 2.45) is 0 Å². The molecule has 19 heavy (non-hydrogen) atoms. The highest BCUT2D eigenvalue weighted by Crippen LogP contribution is 2.29. The average Bonchev–Trinajstić information content (AvgIpc) is 2.34. The van der Waals surface area contributed by atoms with Gasteiger partial charge in [0.25, 0.3) is 5.69 Å². The number of aromatic carboxylic acids is 1. The van der Waals surface area contributed by atoms with Crippen molar-refractivity contribution in [1.29, 1.82) is 0 Å². The van der Waals surface area contributed by atoms with E-state index in [0.29, 0.717) is 0 Å². The second kappa shape index (κ2) is 5.91. The lowest BCUT2D eigenvalue weighted by Crippen LogP contribution is -2.32. The minimum absolute atomic E-state index is 0.0449. The third kappa shape index (κ3) is 3.26. The van der Waals surface area contributed by atoms with Crippen LogP contribution in [-0.4, -0.2) is 40.2 Å². The molecule has 0 aromatic heterocycles. The zero-order chi connectivity index (χ0) is 14.6. The molecule has 0 saturated carbocycles. The first-order valence-electron chi connectivity index (χ1n) is 5.29. The van der Waals surface area contributed by atoms with Gasteiger partial charge in [0.05, 0.1) is 17.1 Å². The quantitative estimate of drug-likeness (QED) is 0.597. The van der Waals surface area contributed by atoms with E-state index in [2.05, 4.69) is 0 Å². The molecule has 0 aliphatic carbocycles. The summed E-state index contributed by atoms with van der Waals surface area (Å²) in [6, 6.07) is 3.22. The molecule has 0 spiro atoms. The topological polar surface area (TPSA) is 121 Å². The maximum atomic E-state index is 11.4. The number of aliphatic hydroxyl groups is 1. The predicted molar refractivity (Wildman–Crippen MR) is 65.2 cm³/mol. The lowest BCUT2D eigenvalue weighted by molar-refractivity contribution is -0.384. The van der Waals surface area contributed by atoms with Crippen molar-refractivity contribution in [3.05, 3.63) is 33.9 Å². The molecule has 0 unspecified atom stereocenters. The summed E-state index contributed by atoms with van der Waals surface area (Å²) in [5.41, 5.74) is -0.789. The normalized spacial score (nSPS) is 10.0. The molecule has 0 aliphatic heterocycles. The minimum Gasteiger partial charge on any atom is -0.478 e. The summed E-state index contributed by atoms with van der Waals surface area (Å²) in [5.74, 6) is -1.79. The molecule has 0 saturated heterocycles. The Morgan fingerprint density at radius 1 is 1.42 bits per heavy atom. The number of amides is 1. The Kier molecular flexibility index (Phi) is 4.54. The molecule has 1 amide bonds. The molecule has 1 rings (SSSR count). The number of hydrogen-bond acceptors (Lipinski definition) is 5. The van der Waals surface area contributed by atoms with E-state index in [1.165, 1.54) is 13.0 Å². The van der Waals surface area contributed by atoms with Gasteiger partial charge in [0, 0.05) is 19.5 Å². The van der Waals surface area contributed by atoms with Gasteiger partial charge in [-0.1, -0.05) is 0 Å². The smallest absolute Gasteiger partial charge is 0.335 e. The second-order valence-electron chi connectivity index (χ2n) is 3.66. The van der Waals surface area contributed by atoms with Crippen LogP contribution < -0.4 is 4.90 Å². The molecule has 1 aromatic rings. The summed E-state index contributed by atoms with van der Waals surface area (Å²) in [6.07, 6.45) is 0. The van der Waals surface area contributed by atoms with Gasteiger partial charge in [0.2, 0.25) is 5.91 Å². The maximum Gasteiger partial charge on any atom is 0.335 e. The van der Waals surface area contributed by atoms with Crippen LogP contribution in [0.3, 0.4) is 0 Å². The summed E-state index contributed by atoms with van der Waals surface area (Å²) in [4.78, 5) is 33.4. The van der Waals surface area contributed by atoms with Crippen LogP contribution in [0.4, 0.5) is 11.4 Å². The van der Waals surface area contributed by atoms with E-state index in [0.717, 1.165) is 17.0 Å². The van der Waals surface area contributed by atoms with E-state index < -0.39 is 22.5 Å². The average molecular weight is 268 g/mol. The molecular formula is C11H12N2O6. The molecule has 0 radical (unpaired) electrons. The fourth-order valence-electron chi connectivity index (χ4n) is 1.58. The van der Waals surface area contributed by atoms with Gasteiger partial charge in [-0.2, -0.15) is 0 Å². The van der Waals surface area contributed by atoms with Gasteiger partial charge in [0.1, 0.15) is 5.69 Å². The van der Waals surface area contributed by atoms with Crippen LogP contribution in [0.1, 0.15) is 17.3 Å². The van der Waals surface area contributed by atoms with Crippen LogP contribution in [0, 0.1) is 10.1 Å². The van der Waals surface area contributed by atoms with Crippen molar-refractivity contribution >= 4 is 23.3 Å². The van der Waals surface area contributed by atoms with Gasteiger partial charge < -0.3 is 15.1 Å². The van der Waals surface area contributed by atoms with Gasteiger partial charge >= 0.3 is 5.97 Å². The van der Waals surface area contributed by atoms with Crippen LogP contribution in [0.2, 0.25) is 0 Å². The van der Waals surface area contributed by atoms with Gasteiger partial charge in [-0.3, -0.25) is 14.9 Å². The molecule has 0 fully saturated rings. The van der Waals surface area contributed by atoms with Gasteiger partial charge in [-0.15, -0.1) is 0 Å². The lowest BCUT2D eigenvalue weighted by Gasteiger charge is -2.19. The number of carbonyl (C=O) groups excluding carboxylic acids is 1. The number of aliphatic hydroxyl groups excluding tert-OH is 1. The van der Waals surface area contributed by atoms with E-state index in [4.69, 9.17) is 10.2 Å². The SMILES string of the molecule is CC(=O)N(CCO)c1ccc(C(=O)O)cc1[N+](=O)[O-]. The fourth-order valence-corrected chi connectivity index (χ4v) is 1.58. The van der Waals surface area contributed by atoms with E-state index >= 15 is 0 Å². The molecular weight excluding hydrogens is 256 g/mol. The summed E-state index contributed by atoms with van der Waals surface area (Å²) in [7, 11) is 0. The predicted octanol–water partition coefficient (Wildman–Crippen LogP) is 0.638. The molecule has 2 N–H and O–H groups in total. The summed E-state index contributed by atoms with van der Waals surface area (Å²) >= 11 is 0. The summed E-state index contributed by atoms with van der Waals surface area (Å²) in [6.45, 7) is 0.727. The maximum absolute atomic E-state index is 11.4. The molecule has 102 valence electrons. The van der Waals surface area contributed by atoms with E-state index in [1.54, 1.807) is 0 Å². The van der Waals surface area contributed by atoms with Crippen molar-refractivity contribution in [2.45, 2.75) is 6.92 Å². The van der Waals surface area contributed by atoms with Crippen molar-refractivity contribution in [3.63, 3.8) is 0 Å². The Labute approximate surface area is 108 Å². The van der Waals surface area contributed by atoms with Crippen molar-refractivity contribution in [2.75, 3.05) is 18.1 Å². The number of nitro benzene ring substituents is 1. The number of carboxylic acids is 1. The van der Waals surface area contributed by atoms with Gasteiger partial charge in [-0.25, -0.2) is 4.79 Å². The minimum atomic E-state index is -1.30. The third-order valence-electron chi connectivity index (χ3n) is 2.41. The number of nitrogens with zero attached hydrogens (tertiary/aromatic N) is 2. The van der Waals surface area contributed by atoms with E-state index in [1.807, 2.05) is 0 Å². The fraction of sp³-hybridized carbons (Fsp3) is 0.273. The molecule has 0 heterocycles. The van der Waals surface area contributed by atoms with Crippen molar-refractivity contribution in [1.82, 2.24) is 0 Å². The Morgan fingerprint density at radius 3 is 2.47 bits per heavy atom. The Balaban J connectivity index is 3.36. The first kappa shape index (κ1) is 14.6. The van der Waals surface area contributed by atoms with Gasteiger partial charge in [0.15, 0.2) is 0 Å². The Morgan fingerprint density at radius 2 is 2.05 bits per heavy atom. The number of carbonyl (C=O) groups is 2. The largest absolute Gasteiger partial charge is 0.478 e. The number of hydrogen-bond donors (Lipinski definition) is 2. The lowest BCUT2D eigenvalue weighted by atomic mass is 10.1. The first-order chi connectivity index (χ1) is 8.88. The molecule has 1 aromatic carbocycles.